The molecule has 4 aromatic rings. The van der Waals surface area contributed by atoms with Gasteiger partial charge < -0.3 is 5.11 Å². The number of halogens is 2. The normalized spacial score (nSPS) is 23.9. The molecule has 0 spiro atoms. The number of rotatable bonds is 4. The number of nitrogens with zero attached hydrogens (tertiary/aromatic N) is 2. The van der Waals surface area contributed by atoms with Gasteiger partial charge in [-0.05, 0) is 52.6 Å². The van der Waals surface area contributed by atoms with E-state index in [0.717, 1.165) is 22.3 Å². The lowest BCUT2D eigenvalue weighted by Crippen LogP contribution is -2.54. The summed E-state index contributed by atoms with van der Waals surface area (Å²) in [6, 6.07) is 26.3. The molecule has 0 radical (unpaired) electrons. The minimum atomic E-state index is -1.17. The van der Waals surface area contributed by atoms with E-state index in [1.165, 1.54) is 23.1 Å². The Balaban J connectivity index is 1.41. The molecule has 7 nitrogen and oxygen atoms in total. The number of hydrazone groups is 1. The number of benzene rings is 4. The standard InChI is InChI=1S/C32H21Cl2N3O4/c33-17-13-14-24(23(34)15-17)37-30(40)27-26-18-7-1-4-10-21(18)32(28(27)31(37)41,22-11-5-2-8-19(22)26)16-35-36-29(39)20-9-3-6-12-25(20)38/h1-16,26-28,38H,(H,36,39)/b35-16-/t26?,27-,28+,32?/m0/s1. The van der Waals surface area contributed by atoms with Crippen molar-refractivity contribution in [2.45, 2.75) is 11.3 Å². The van der Waals surface area contributed by atoms with Crippen LogP contribution in [-0.2, 0) is 15.0 Å². The summed E-state index contributed by atoms with van der Waals surface area (Å²) < 4.78 is 0. The fraction of sp³-hybridized carbons (Fsp3) is 0.125. The Labute approximate surface area is 245 Å². The Bertz CT molecular complexity index is 1770. The van der Waals surface area contributed by atoms with Gasteiger partial charge in [0.15, 0.2) is 0 Å². The molecular formula is C32H21Cl2N3O4. The highest BCUT2D eigenvalue weighted by molar-refractivity contribution is 6.38. The van der Waals surface area contributed by atoms with Crippen LogP contribution in [0.3, 0.4) is 0 Å². The molecule has 1 fully saturated rings. The average molecular weight is 582 g/mol. The third-order valence-corrected chi connectivity index (χ3v) is 8.96. The van der Waals surface area contributed by atoms with Crippen molar-refractivity contribution < 1.29 is 19.5 Å². The molecule has 4 aromatic carbocycles. The lowest BCUT2D eigenvalue weighted by Gasteiger charge is -2.52. The number of carbonyl (C=O) groups is 3. The van der Waals surface area contributed by atoms with Crippen LogP contribution in [0.25, 0.3) is 0 Å². The maximum Gasteiger partial charge on any atom is 0.275 e. The molecule has 2 atom stereocenters. The highest BCUT2D eigenvalue weighted by atomic mass is 35.5. The summed E-state index contributed by atoms with van der Waals surface area (Å²) in [6.07, 6.45) is 1.56. The molecule has 202 valence electrons. The molecule has 0 unspecified atom stereocenters. The van der Waals surface area contributed by atoms with E-state index in [2.05, 4.69) is 10.5 Å². The van der Waals surface area contributed by atoms with Gasteiger partial charge in [-0.25, -0.2) is 10.3 Å². The van der Waals surface area contributed by atoms with Crippen LogP contribution in [0.1, 0.15) is 38.5 Å². The molecule has 41 heavy (non-hydrogen) atoms. The van der Waals surface area contributed by atoms with Crippen molar-refractivity contribution in [1.82, 2.24) is 5.43 Å². The van der Waals surface area contributed by atoms with Gasteiger partial charge in [0.25, 0.3) is 5.91 Å². The number of imide groups is 1. The Morgan fingerprint density at radius 2 is 1.51 bits per heavy atom. The van der Waals surface area contributed by atoms with Gasteiger partial charge in [0, 0.05) is 17.2 Å². The summed E-state index contributed by atoms with van der Waals surface area (Å²) in [7, 11) is 0. The van der Waals surface area contributed by atoms with E-state index in [1.807, 2.05) is 48.5 Å². The molecular weight excluding hydrogens is 561 g/mol. The molecule has 1 heterocycles. The zero-order valence-electron chi connectivity index (χ0n) is 21.3. The van der Waals surface area contributed by atoms with Crippen molar-refractivity contribution in [3.63, 3.8) is 0 Å². The molecule has 2 N–H and O–H groups in total. The third kappa shape index (κ3) is 3.52. The maximum absolute atomic E-state index is 14.4. The van der Waals surface area contributed by atoms with Gasteiger partial charge in [0.2, 0.25) is 11.8 Å². The third-order valence-electron chi connectivity index (χ3n) is 8.42. The molecule has 4 aliphatic rings. The quantitative estimate of drug-likeness (QED) is 0.184. The van der Waals surface area contributed by atoms with Crippen LogP contribution in [0.4, 0.5) is 5.69 Å². The van der Waals surface area contributed by atoms with Crippen molar-refractivity contribution in [1.29, 1.82) is 0 Å². The van der Waals surface area contributed by atoms with Gasteiger partial charge in [0.05, 0.1) is 33.5 Å². The minimum absolute atomic E-state index is 0.0591. The van der Waals surface area contributed by atoms with Crippen molar-refractivity contribution in [2.75, 3.05) is 4.90 Å². The topological polar surface area (TPSA) is 99.1 Å². The number of amides is 3. The van der Waals surface area contributed by atoms with Gasteiger partial charge in [-0.15, -0.1) is 0 Å². The zero-order chi connectivity index (χ0) is 28.5. The highest BCUT2D eigenvalue weighted by Crippen LogP contribution is 2.63. The van der Waals surface area contributed by atoms with E-state index < -0.39 is 29.1 Å². The molecule has 8 rings (SSSR count). The second kappa shape index (κ2) is 9.29. The first-order chi connectivity index (χ1) is 19.8. The van der Waals surface area contributed by atoms with Crippen LogP contribution in [0.2, 0.25) is 10.0 Å². The number of aromatic hydroxyl groups is 1. The van der Waals surface area contributed by atoms with E-state index in [0.29, 0.717) is 5.02 Å². The van der Waals surface area contributed by atoms with Crippen molar-refractivity contribution in [3.05, 3.63) is 129 Å². The number of phenolic OH excluding ortho intramolecular Hbond substituents is 1. The average Bonchev–Trinajstić information content (AvgIpc) is 3.24. The number of nitrogens with one attached hydrogen (secondary N) is 1. The highest BCUT2D eigenvalue weighted by Gasteiger charge is 2.68. The molecule has 3 amide bonds. The maximum atomic E-state index is 14.4. The van der Waals surface area contributed by atoms with Gasteiger partial charge in [-0.1, -0.05) is 83.9 Å². The minimum Gasteiger partial charge on any atom is -0.507 e. The summed E-state index contributed by atoms with van der Waals surface area (Å²) >= 11 is 12.6. The fourth-order valence-electron chi connectivity index (χ4n) is 6.87. The van der Waals surface area contributed by atoms with Crippen LogP contribution in [0.15, 0.2) is 96.1 Å². The SMILES string of the molecule is O=C(N/N=C\C12c3ccccc3C(c3ccccc31)[C@@H]1C(=O)N(c3ccc(Cl)cc3Cl)C(=O)[C@@H]12)c1ccccc1O. The number of hydrogen-bond acceptors (Lipinski definition) is 5. The first-order valence-electron chi connectivity index (χ1n) is 13.0. The number of phenols is 1. The van der Waals surface area contributed by atoms with Crippen molar-refractivity contribution >= 4 is 52.8 Å². The summed E-state index contributed by atoms with van der Waals surface area (Å²) in [5.41, 5.74) is 5.22. The molecule has 0 aromatic heterocycles. The van der Waals surface area contributed by atoms with Crippen LogP contribution < -0.4 is 10.3 Å². The Hall–Kier alpha value is -4.46. The van der Waals surface area contributed by atoms with Crippen molar-refractivity contribution in [3.8, 4) is 5.75 Å². The summed E-state index contributed by atoms with van der Waals surface area (Å²) in [5.74, 6) is -3.47. The van der Waals surface area contributed by atoms with E-state index >= 15 is 0 Å². The van der Waals surface area contributed by atoms with Gasteiger partial charge in [0.1, 0.15) is 5.75 Å². The second-order valence-corrected chi connectivity index (χ2v) is 11.2. The molecule has 9 heteroatoms. The second-order valence-electron chi connectivity index (χ2n) is 10.3. The summed E-state index contributed by atoms with van der Waals surface area (Å²) in [4.78, 5) is 42.7. The fourth-order valence-corrected chi connectivity index (χ4v) is 7.36. The van der Waals surface area contributed by atoms with E-state index in [4.69, 9.17) is 23.2 Å². The number of hydrogen-bond donors (Lipinski definition) is 2. The Kier molecular flexibility index (Phi) is 5.78. The smallest absolute Gasteiger partial charge is 0.275 e. The van der Waals surface area contributed by atoms with Crippen LogP contribution in [-0.4, -0.2) is 29.0 Å². The lowest BCUT2D eigenvalue weighted by atomic mass is 9.47. The predicted octanol–water partition coefficient (Wildman–Crippen LogP) is 5.67. The van der Waals surface area contributed by atoms with E-state index in [1.54, 1.807) is 30.5 Å². The van der Waals surface area contributed by atoms with Crippen LogP contribution in [0, 0.1) is 11.8 Å². The first kappa shape index (κ1) is 25.5. The molecule has 1 saturated heterocycles. The van der Waals surface area contributed by atoms with Gasteiger partial charge in [-0.2, -0.15) is 5.10 Å². The largest absolute Gasteiger partial charge is 0.507 e. The lowest BCUT2D eigenvalue weighted by molar-refractivity contribution is -0.122. The molecule has 2 bridgehead atoms. The summed E-state index contributed by atoms with van der Waals surface area (Å²) in [5, 5.41) is 15.1. The van der Waals surface area contributed by atoms with Crippen molar-refractivity contribution in [2.24, 2.45) is 16.9 Å². The number of anilines is 1. The van der Waals surface area contributed by atoms with Crippen LogP contribution >= 0.6 is 23.2 Å². The zero-order valence-corrected chi connectivity index (χ0v) is 22.8. The monoisotopic (exact) mass is 581 g/mol. The van der Waals surface area contributed by atoms with Gasteiger partial charge in [-0.3, -0.25) is 14.4 Å². The van der Waals surface area contributed by atoms with Gasteiger partial charge >= 0.3 is 0 Å². The van der Waals surface area contributed by atoms with Crippen LogP contribution in [0.5, 0.6) is 5.75 Å². The number of para-hydroxylation sites is 1. The van der Waals surface area contributed by atoms with E-state index in [-0.39, 0.29) is 33.8 Å². The Morgan fingerprint density at radius 3 is 2.17 bits per heavy atom. The predicted molar refractivity (Wildman–Crippen MR) is 156 cm³/mol. The molecule has 0 saturated carbocycles. The molecule has 1 aliphatic heterocycles. The Morgan fingerprint density at radius 1 is 0.878 bits per heavy atom. The van der Waals surface area contributed by atoms with E-state index in [9.17, 15) is 19.5 Å². The number of carbonyl (C=O) groups excluding carboxylic acids is 3. The first-order valence-corrected chi connectivity index (χ1v) is 13.7. The summed E-state index contributed by atoms with van der Waals surface area (Å²) in [6.45, 7) is 0. The molecule has 3 aliphatic carbocycles.